The highest BCUT2D eigenvalue weighted by molar-refractivity contribution is 5.72. The lowest BCUT2D eigenvalue weighted by atomic mass is 9.86. The zero-order valence-corrected chi connectivity index (χ0v) is 10.7. The van der Waals surface area contributed by atoms with Gasteiger partial charge in [-0.2, -0.15) is 0 Å². The Bertz CT molecular complexity index is 498. The summed E-state index contributed by atoms with van der Waals surface area (Å²) in [6, 6.07) is 20.2. The van der Waals surface area contributed by atoms with Crippen molar-refractivity contribution in [1.29, 1.82) is 0 Å². The van der Waals surface area contributed by atoms with Crippen molar-refractivity contribution >= 4 is 5.97 Å². The minimum absolute atomic E-state index is 0.103. The van der Waals surface area contributed by atoms with Crippen molar-refractivity contribution in [3.05, 3.63) is 71.8 Å². The number of cyclic esters (lactones) is 1. The zero-order chi connectivity index (χ0) is 13.1. The van der Waals surface area contributed by atoms with Crippen LogP contribution in [0.15, 0.2) is 60.7 Å². The average Bonchev–Trinajstić information content (AvgIpc) is 2.48. The lowest BCUT2D eigenvalue weighted by molar-refractivity contribution is -0.155. The number of carbonyl (C=O) groups excluding carboxylic acids is 1. The third-order valence-electron chi connectivity index (χ3n) is 3.63. The van der Waals surface area contributed by atoms with Crippen molar-refractivity contribution in [2.75, 3.05) is 0 Å². The molecule has 0 aromatic heterocycles. The van der Waals surface area contributed by atoms with Gasteiger partial charge in [0.05, 0.1) is 6.42 Å². The van der Waals surface area contributed by atoms with Gasteiger partial charge in [0.15, 0.2) is 0 Å². The molecule has 2 atom stereocenters. The van der Waals surface area contributed by atoms with Crippen LogP contribution in [0, 0.1) is 0 Å². The first-order chi connectivity index (χ1) is 9.33. The fourth-order valence-corrected chi connectivity index (χ4v) is 2.65. The van der Waals surface area contributed by atoms with E-state index in [1.165, 1.54) is 5.56 Å². The summed E-state index contributed by atoms with van der Waals surface area (Å²) in [5, 5.41) is 0. The van der Waals surface area contributed by atoms with E-state index >= 15 is 0 Å². The molecule has 96 valence electrons. The highest BCUT2D eigenvalue weighted by atomic mass is 16.5. The van der Waals surface area contributed by atoms with E-state index in [1.54, 1.807) is 0 Å². The van der Waals surface area contributed by atoms with Crippen LogP contribution in [-0.2, 0) is 9.53 Å². The fourth-order valence-electron chi connectivity index (χ4n) is 2.65. The van der Waals surface area contributed by atoms with Gasteiger partial charge in [0.1, 0.15) is 6.10 Å². The van der Waals surface area contributed by atoms with Crippen LogP contribution in [0.2, 0.25) is 0 Å². The number of hydrogen-bond acceptors (Lipinski definition) is 2. The van der Waals surface area contributed by atoms with Gasteiger partial charge in [-0.15, -0.1) is 0 Å². The van der Waals surface area contributed by atoms with E-state index in [2.05, 4.69) is 12.1 Å². The second-order valence-electron chi connectivity index (χ2n) is 4.94. The molecule has 1 aliphatic rings. The Morgan fingerprint density at radius 2 is 1.42 bits per heavy atom. The van der Waals surface area contributed by atoms with Crippen LogP contribution in [0.5, 0.6) is 0 Å². The van der Waals surface area contributed by atoms with E-state index in [-0.39, 0.29) is 18.0 Å². The SMILES string of the molecule is O=C1C[C@H](c2ccccc2)C[C@H](c2ccccc2)O1. The number of esters is 1. The molecule has 0 spiro atoms. The molecule has 1 fully saturated rings. The normalized spacial score (nSPS) is 22.8. The number of ether oxygens (including phenoxy) is 1. The van der Waals surface area contributed by atoms with Crippen molar-refractivity contribution in [3.63, 3.8) is 0 Å². The standard InChI is InChI=1S/C17H16O2/c18-17-12-15(13-7-3-1-4-8-13)11-16(19-17)14-9-5-2-6-10-14/h1-10,15-16H,11-12H2/t15-,16-/m1/s1. The first-order valence-electron chi connectivity index (χ1n) is 6.62. The molecule has 0 N–H and O–H groups in total. The van der Waals surface area contributed by atoms with E-state index in [0.29, 0.717) is 6.42 Å². The Kier molecular flexibility index (Phi) is 3.32. The molecule has 1 aliphatic heterocycles. The van der Waals surface area contributed by atoms with Crippen molar-refractivity contribution in [3.8, 4) is 0 Å². The maximum atomic E-state index is 11.8. The Hall–Kier alpha value is -2.09. The van der Waals surface area contributed by atoms with Crippen LogP contribution in [0.25, 0.3) is 0 Å². The predicted octanol–water partition coefficient (Wildman–Crippen LogP) is 3.85. The average molecular weight is 252 g/mol. The third kappa shape index (κ3) is 2.68. The van der Waals surface area contributed by atoms with Gasteiger partial charge in [0.25, 0.3) is 0 Å². The molecule has 0 aliphatic carbocycles. The lowest BCUT2D eigenvalue weighted by Gasteiger charge is -2.29. The maximum Gasteiger partial charge on any atom is 0.307 e. The van der Waals surface area contributed by atoms with Crippen LogP contribution in [0.3, 0.4) is 0 Å². The molecule has 0 bridgehead atoms. The molecule has 2 aromatic rings. The molecule has 0 amide bonds. The van der Waals surface area contributed by atoms with E-state index in [9.17, 15) is 4.79 Å². The molecule has 0 radical (unpaired) electrons. The van der Waals surface area contributed by atoms with Crippen molar-refractivity contribution in [1.82, 2.24) is 0 Å². The van der Waals surface area contributed by atoms with E-state index in [1.807, 2.05) is 48.5 Å². The predicted molar refractivity (Wildman–Crippen MR) is 73.7 cm³/mol. The Morgan fingerprint density at radius 1 is 0.842 bits per heavy atom. The highest BCUT2D eigenvalue weighted by Gasteiger charge is 2.30. The topological polar surface area (TPSA) is 26.3 Å². The second-order valence-corrected chi connectivity index (χ2v) is 4.94. The minimum Gasteiger partial charge on any atom is -0.457 e. The molecule has 0 saturated carbocycles. The summed E-state index contributed by atoms with van der Waals surface area (Å²) in [6.07, 6.45) is 1.22. The van der Waals surface area contributed by atoms with Crippen molar-refractivity contribution in [2.24, 2.45) is 0 Å². The summed E-state index contributed by atoms with van der Waals surface area (Å²) in [4.78, 5) is 11.8. The summed E-state index contributed by atoms with van der Waals surface area (Å²) >= 11 is 0. The molecule has 3 rings (SSSR count). The summed E-state index contributed by atoms with van der Waals surface area (Å²) in [7, 11) is 0. The largest absolute Gasteiger partial charge is 0.457 e. The lowest BCUT2D eigenvalue weighted by Crippen LogP contribution is -2.23. The van der Waals surface area contributed by atoms with Crippen molar-refractivity contribution < 1.29 is 9.53 Å². The monoisotopic (exact) mass is 252 g/mol. The van der Waals surface area contributed by atoms with Crippen LogP contribution < -0.4 is 0 Å². The van der Waals surface area contributed by atoms with Gasteiger partial charge in [-0.3, -0.25) is 4.79 Å². The maximum absolute atomic E-state index is 11.8. The third-order valence-corrected chi connectivity index (χ3v) is 3.63. The number of hydrogen-bond donors (Lipinski definition) is 0. The molecule has 2 nitrogen and oxygen atoms in total. The first-order valence-corrected chi connectivity index (χ1v) is 6.62. The Balaban J connectivity index is 1.84. The van der Waals surface area contributed by atoms with E-state index in [0.717, 1.165) is 12.0 Å². The van der Waals surface area contributed by atoms with Gasteiger partial charge in [0, 0.05) is 0 Å². The minimum atomic E-state index is -0.118. The van der Waals surface area contributed by atoms with Gasteiger partial charge in [-0.1, -0.05) is 60.7 Å². The van der Waals surface area contributed by atoms with Crippen LogP contribution >= 0.6 is 0 Å². The Labute approximate surface area is 113 Å². The molecule has 2 heteroatoms. The molecular weight excluding hydrogens is 236 g/mol. The smallest absolute Gasteiger partial charge is 0.307 e. The van der Waals surface area contributed by atoms with E-state index < -0.39 is 0 Å². The van der Waals surface area contributed by atoms with E-state index in [4.69, 9.17) is 4.74 Å². The van der Waals surface area contributed by atoms with Gasteiger partial charge >= 0.3 is 5.97 Å². The quantitative estimate of drug-likeness (QED) is 0.759. The number of carbonyl (C=O) groups is 1. The summed E-state index contributed by atoms with van der Waals surface area (Å²) in [5.74, 6) is 0.154. The Morgan fingerprint density at radius 3 is 2.05 bits per heavy atom. The van der Waals surface area contributed by atoms with Crippen LogP contribution in [-0.4, -0.2) is 5.97 Å². The molecule has 0 unspecified atom stereocenters. The van der Waals surface area contributed by atoms with Crippen LogP contribution in [0.4, 0.5) is 0 Å². The number of rotatable bonds is 2. The van der Waals surface area contributed by atoms with Gasteiger partial charge in [-0.25, -0.2) is 0 Å². The molecular formula is C17H16O2. The molecule has 19 heavy (non-hydrogen) atoms. The van der Waals surface area contributed by atoms with Crippen molar-refractivity contribution in [2.45, 2.75) is 24.9 Å². The summed E-state index contributed by atoms with van der Waals surface area (Å²) in [6.45, 7) is 0. The molecule has 1 saturated heterocycles. The van der Waals surface area contributed by atoms with Gasteiger partial charge in [-0.05, 0) is 23.5 Å². The molecule has 2 aromatic carbocycles. The number of benzene rings is 2. The zero-order valence-electron chi connectivity index (χ0n) is 10.7. The first kappa shape index (κ1) is 12.0. The second kappa shape index (κ2) is 5.27. The fraction of sp³-hybridized carbons (Fsp3) is 0.235. The summed E-state index contributed by atoms with van der Waals surface area (Å²) < 4.78 is 5.49. The van der Waals surface area contributed by atoms with Gasteiger partial charge in [0.2, 0.25) is 0 Å². The molecule has 1 heterocycles. The van der Waals surface area contributed by atoms with Crippen LogP contribution in [0.1, 0.15) is 36.0 Å². The highest BCUT2D eigenvalue weighted by Crippen LogP contribution is 2.37. The van der Waals surface area contributed by atoms with Gasteiger partial charge < -0.3 is 4.74 Å². The summed E-state index contributed by atoms with van der Waals surface area (Å²) in [5.41, 5.74) is 2.30.